The first-order valence-corrected chi connectivity index (χ1v) is 6.67. The van der Waals surface area contributed by atoms with Gasteiger partial charge < -0.3 is 10.6 Å². The van der Waals surface area contributed by atoms with E-state index in [4.69, 9.17) is 0 Å². The average molecular weight is 316 g/mol. The molecule has 0 bridgehead atoms. The normalized spacial score (nSPS) is 10.4. The SMILES string of the molecule is Fc1cccc(Nc2cc(Nc3ccc(F)cc3F)ncn2)c1. The fraction of sp³-hybridized carbons (Fsp3) is 0. The molecule has 0 unspecified atom stereocenters. The van der Waals surface area contributed by atoms with E-state index >= 15 is 0 Å². The van der Waals surface area contributed by atoms with Crippen molar-refractivity contribution in [1.29, 1.82) is 0 Å². The predicted octanol–water partition coefficient (Wildman–Crippen LogP) is 4.38. The lowest BCUT2D eigenvalue weighted by Crippen LogP contribution is -2.00. The number of halogens is 3. The summed E-state index contributed by atoms with van der Waals surface area (Å²) in [6.45, 7) is 0. The summed E-state index contributed by atoms with van der Waals surface area (Å²) in [5.41, 5.74) is 0.601. The van der Waals surface area contributed by atoms with Gasteiger partial charge in [-0.05, 0) is 30.3 Å². The van der Waals surface area contributed by atoms with E-state index in [0.29, 0.717) is 17.3 Å². The molecule has 0 amide bonds. The van der Waals surface area contributed by atoms with Crippen molar-refractivity contribution >= 4 is 23.0 Å². The van der Waals surface area contributed by atoms with Crippen LogP contribution in [0.1, 0.15) is 0 Å². The van der Waals surface area contributed by atoms with E-state index < -0.39 is 11.6 Å². The molecule has 2 aromatic carbocycles. The summed E-state index contributed by atoms with van der Waals surface area (Å²) in [4.78, 5) is 7.96. The van der Waals surface area contributed by atoms with Crippen LogP contribution in [-0.2, 0) is 0 Å². The minimum absolute atomic E-state index is 0.0850. The van der Waals surface area contributed by atoms with Crippen LogP contribution in [0.15, 0.2) is 54.9 Å². The molecule has 0 radical (unpaired) electrons. The second kappa shape index (κ2) is 6.35. The summed E-state index contributed by atoms with van der Waals surface area (Å²) in [5, 5.41) is 5.64. The van der Waals surface area contributed by atoms with Gasteiger partial charge in [0.1, 0.15) is 35.4 Å². The number of hydrogen-bond donors (Lipinski definition) is 2. The lowest BCUT2D eigenvalue weighted by molar-refractivity contribution is 0.586. The Hall–Kier alpha value is -3.09. The highest BCUT2D eigenvalue weighted by Crippen LogP contribution is 2.22. The Labute approximate surface area is 130 Å². The zero-order valence-corrected chi connectivity index (χ0v) is 11.7. The zero-order valence-electron chi connectivity index (χ0n) is 11.7. The van der Waals surface area contributed by atoms with E-state index in [1.807, 2.05) is 0 Å². The summed E-state index contributed by atoms with van der Waals surface area (Å²) < 4.78 is 39.7. The molecule has 3 aromatic rings. The lowest BCUT2D eigenvalue weighted by Gasteiger charge is -2.09. The maximum Gasteiger partial charge on any atom is 0.149 e. The minimum atomic E-state index is -0.733. The third kappa shape index (κ3) is 3.76. The maximum atomic E-state index is 13.6. The molecular weight excluding hydrogens is 305 g/mol. The summed E-state index contributed by atoms with van der Waals surface area (Å²) in [6, 6.07) is 10.6. The molecule has 0 atom stereocenters. The van der Waals surface area contributed by atoms with Crippen LogP contribution in [0.4, 0.5) is 36.2 Å². The van der Waals surface area contributed by atoms with Crippen LogP contribution in [0.25, 0.3) is 0 Å². The van der Waals surface area contributed by atoms with Crippen LogP contribution in [-0.4, -0.2) is 9.97 Å². The molecule has 116 valence electrons. The van der Waals surface area contributed by atoms with Gasteiger partial charge in [0, 0.05) is 17.8 Å². The lowest BCUT2D eigenvalue weighted by atomic mass is 10.3. The van der Waals surface area contributed by atoms with Crippen LogP contribution >= 0.6 is 0 Å². The van der Waals surface area contributed by atoms with Crippen molar-refractivity contribution in [1.82, 2.24) is 9.97 Å². The smallest absolute Gasteiger partial charge is 0.149 e. The first-order valence-electron chi connectivity index (χ1n) is 6.67. The minimum Gasteiger partial charge on any atom is -0.340 e. The van der Waals surface area contributed by atoms with Gasteiger partial charge >= 0.3 is 0 Å². The number of hydrogen-bond acceptors (Lipinski definition) is 4. The molecule has 1 aromatic heterocycles. The van der Waals surface area contributed by atoms with Crippen molar-refractivity contribution in [2.75, 3.05) is 10.6 Å². The van der Waals surface area contributed by atoms with Crippen molar-refractivity contribution in [3.63, 3.8) is 0 Å². The molecular formula is C16H11F3N4. The molecule has 1 heterocycles. The van der Waals surface area contributed by atoms with Crippen LogP contribution in [0.3, 0.4) is 0 Å². The Morgan fingerprint density at radius 3 is 2.22 bits per heavy atom. The third-order valence-corrected chi connectivity index (χ3v) is 2.96. The molecule has 7 heteroatoms. The van der Waals surface area contributed by atoms with E-state index in [-0.39, 0.29) is 11.5 Å². The fourth-order valence-electron chi connectivity index (χ4n) is 1.94. The molecule has 3 rings (SSSR count). The van der Waals surface area contributed by atoms with Crippen LogP contribution in [0.2, 0.25) is 0 Å². The van der Waals surface area contributed by atoms with Crippen molar-refractivity contribution in [2.24, 2.45) is 0 Å². The summed E-state index contributed by atoms with van der Waals surface area (Å²) in [5.74, 6) is -1.07. The highest BCUT2D eigenvalue weighted by molar-refractivity contribution is 5.63. The number of nitrogens with zero attached hydrogens (tertiary/aromatic N) is 2. The average Bonchev–Trinajstić information content (AvgIpc) is 2.51. The number of rotatable bonds is 4. The molecule has 0 aliphatic heterocycles. The molecule has 0 saturated heterocycles. The summed E-state index contributed by atoms with van der Waals surface area (Å²) >= 11 is 0. The van der Waals surface area contributed by atoms with Gasteiger partial charge in [0.25, 0.3) is 0 Å². The monoisotopic (exact) mass is 316 g/mol. The topological polar surface area (TPSA) is 49.8 Å². The predicted molar refractivity (Wildman–Crippen MR) is 81.4 cm³/mol. The largest absolute Gasteiger partial charge is 0.340 e. The van der Waals surface area contributed by atoms with E-state index in [1.54, 1.807) is 12.1 Å². The molecule has 0 aliphatic rings. The van der Waals surface area contributed by atoms with Gasteiger partial charge in [0.2, 0.25) is 0 Å². The molecule has 4 nitrogen and oxygen atoms in total. The van der Waals surface area contributed by atoms with Crippen LogP contribution in [0.5, 0.6) is 0 Å². The molecule has 0 fully saturated rings. The highest BCUT2D eigenvalue weighted by atomic mass is 19.1. The van der Waals surface area contributed by atoms with Crippen LogP contribution < -0.4 is 10.6 Å². The molecule has 23 heavy (non-hydrogen) atoms. The van der Waals surface area contributed by atoms with E-state index in [0.717, 1.165) is 12.1 Å². The standard InChI is InChI=1S/C16H11F3N4/c17-10-2-1-3-12(6-10)22-15-8-16(21-9-20-15)23-14-5-4-11(18)7-13(14)19/h1-9H,(H2,20,21,22,23). The zero-order chi connectivity index (χ0) is 16.2. The van der Waals surface area contributed by atoms with Crippen molar-refractivity contribution in [3.05, 3.63) is 72.3 Å². The molecule has 2 N–H and O–H groups in total. The summed E-state index contributed by atoms with van der Waals surface area (Å²) in [7, 11) is 0. The first kappa shape index (κ1) is 14.8. The number of aromatic nitrogens is 2. The van der Waals surface area contributed by atoms with E-state index in [2.05, 4.69) is 20.6 Å². The van der Waals surface area contributed by atoms with Crippen molar-refractivity contribution in [2.45, 2.75) is 0 Å². The van der Waals surface area contributed by atoms with Gasteiger partial charge in [-0.25, -0.2) is 23.1 Å². The fourth-order valence-corrected chi connectivity index (χ4v) is 1.94. The second-order valence-electron chi connectivity index (χ2n) is 4.67. The Bertz CT molecular complexity index is 839. The highest BCUT2D eigenvalue weighted by Gasteiger charge is 2.06. The van der Waals surface area contributed by atoms with E-state index in [1.165, 1.54) is 30.6 Å². The number of benzene rings is 2. The third-order valence-electron chi connectivity index (χ3n) is 2.96. The Morgan fingerprint density at radius 1 is 0.739 bits per heavy atom. The van der Waals surface area contributed by atoms with Gasteiger partial charge in [0.15, 0.2) is 0 Å². The van der Waals surface area contributed by atoms with Gasteiger partial charge in [-0.2, -0.15) is 0 Å². The van der Waals surface area contributed by atoms with Gasteiger partial charge in [-0.15, -0.1) is 0 Å². The van der Waals surface area contributed by atoms with Gasteiger partial charge in [-0.3, -0.25) is 0 Å². The first-order chi connectivity index (χ1) is 11.1. The van der Waals surface area contributed by atoms with Crippen molar-refractivity contribution < 1.29 is 13.2 Å². The Balaban J connectivity index is 1.79. The molecule has 0 aliphatic carbocycles. The van der Waals surface area contributed by atoms with Crippen LogP contribution in [0, 0.1) is 17.5 Å². The quantitative estimate of drug-likeness (QED) is 0.750. The van der Waals surface area contributed by atoms with Gasteiger partial charge in [0.05, 0.1) is 5.69 Å². The maximum absolute atomic E-state index is 13.6. The second-order valence-corrected chi connectivity index (χ2v) is 4.67. The Kier molecular flexibility index (Phi) is 4.09. The summed E-state index contributed by atoms with van der Waals surface area (Å²) in [6.07, 6.45) is 1.27. The van der Waals surface area contributed by atoms with E-state index in [9.17, 15) is 13.2 Å². The Morgan fingerprint density at radius 2 is 1.48 bits per heavy atom. The molecule has 0 spiro atoms. The molecule has 0 saturated carbocycles. The number of anilines is 4. The number of nitrogens with one attached hydrogen (secondary N) is 2. The van der Waals surface area contributed by atoms with Gasteiger partial charge in [-0.1, -0.05) is 6.07 Å². The van der Waals surface area contributed by atoms with Crippen molar-refractivity contribution in [3.8, 4) is 0 Å².